The molecule has 6 aromatic heterocycles. The number of fused-ring (bicyclic) bond motifs is 14. The molecular formula is C55H46N4. The van der Waals surface area contributed by atoms with E-state index in [2.05, 4.69) is 200 Å². The lowest BCUT2D eigenvalue weighted by Gasteiger charge is -2.19. The summed E-state index contributed by atoms with van der Waals surface area (Å²) in [4.78, 5) is 0. The van der Waals surface area contributed by atoms with E-state index in [-0.39, 0.29) is 10.8 Å². The number of aromatic nitrogens is 4. The van der Waals surface area contributed by atoms with Crippen molar-refractivity contribution in [1.29, 1.82) is 0 Å². The lowest BCUT2D eigenvalue weighted by Crippen LogP contribution is -2.14. The summed E-state index contributed by atoms with van der Waals surface area (Å²) in [5, 5.41) is 13.0. The van der Waals surface area contributed by atoms with Crippen molar-refractivity contribution >= 4 is 104 Å². The number of nitrogens with zero attached hydrogens (tertiary/aromatic N) is 4. The summed E-state index contributed by atoms with van der Waals surface area (Å²) in [6.07, 6.45) is 8.28. The van der Waals surface area contributed by atoms with Gasteiger partial charge in [0.25, 0.3) is 0 Å². The summed E-state index contributed by atoms with van der Waals surface area (Å²) in [5.41, 5.74) is 14.8. The average molecular weight is 763 g/mol. The molecule has 0 N–H and O–H groups in total. The van der Waals surface area contributed by atoms with Crippen LogP contribution in [-0.2, 0) is 10.8 Å². The van der Waals surface area contributed by atoms with Gasteiger partial charge in [0, 0.05) is 87.5 Å². The first-order valence-electron chi connectivity index (χ1n) is 20.9. The lowest BCUT2D eigenvalue weighted by molar-refractivity contribution is 0.567. The van der Waals surface area contributed by atoms with Gasteiger partial charge >= 0.3 is 0 Å². The van der Waals surface area contributed by atoms with E-state index in [4.69, 9.17) is 0 Å². The van der Waals surface area contributed by atoms with Crippen molar-refractivity contribution in [1.82, 2.24) is 17.9 Å². The summed E-state index contributed by atoms with van der Waals surface area (Å²) >= 11 is 0. The molecule has 0 spiro atoms. The lowest BCUT2D eigenvalue weighted by atomic mass is 9.91. The maximum absolute atomic E-state index is 3.99. The molecule has 0 aliphatic rings. The van der Waals surface area contributed by atoms with E-state index in [0.717, 1.165) is 5.70 Å². The van der Waals surface area contributed by atoms with E-state index in [1.165, 1.54) is 115 Å². The average Bonchev–Trinajstić information content (AvgIpc) is 4.06. The zero-order valence-electron chi connectivity index (χ0n) is 34.8. The van der Waals surface area contributed by atoms with Crippen LogP contribution < -0.4 is 0 Å². The van der Waals surface area contributed by atoms with Crippen LogP contribution in [-0.4, -0.2) is 17.9 Å². The second-order valence-corrected chi connectivity index (χ2v) is 18.6. The van der Waals surface area contributed by atoms with Crippen molar-refractivity contribution in [2.45, 2.75) is 59.3 Å². The largest absolute Gasteiger partial charge is 0.312 e. The van der Waals surface area contributed by atoms with E-state index in [1.54, 1.807) is 0 Å². The Morgan fingerprint density at radius 2 is 1.03 bits per heavy atom. The molecule has 0 unspecified atom stereocenters. The second-order valence-electron chi connectivity index (χ2n) is 18.6. The van der Waals surface area contributed by atoms with Gasteiger partial charge < -0.3 is 17.9 Å². The third-order valence-corrected chi connectivity index (χ3v) is 13.1. The SMILES string of the molecule is C=C/C=C\C(=C/C)n1c2ccccc2c2c3c4cc5c6c7c8ccccc8n(-c8ccccc8)c7cc7cc(C(C)(C)C)n(c5cc4n4c(C(C)(C)C)cc(cc21)c34)c76. The minimum atomic E-state index is -0.0915. The second kappa shape index (κ2) is 11.4. The molecule has 286 valence electrons. The topological polar surface area (TPSA) is 18.7 Å². The zero-order chi connectivity index (χ0) is 40.3. The number of hydrogen-bond acceptors (Lipinski definition) is 0. The monoisotopic (exact) mass is 762 g/mol. The van der Waals surface area contributed by atoms with Crippen LogP contribution >= 0.6 is 0 Å². The van der Waals surface area contributed by atoms with Gasteiger partial charge in [-0.2, -0.15) is 0 Å². The minimum Gasteiger partial charge on any atom is -0.312 e. The standard InChI is InChI=1S/C55H46N4/c1-9-11-19-34(10-2)56-40-24-17-15-22-36(40)48-44(56)26-32-28-46(54(3,4)5)58-42-31-43-39(30-38(42)50(48)52(32)58)51-49-37-23-16-18-25-41(37)57(35-20-13-12-14-21-35)45(49)27-33-29-47(55(6,7)8)59(43)53(33)51/h9-31H,1H2,2-8H3/b19-11-,34-10+. The molecule has 0 saturated heterocycles. The van der Waals surface area contributed by atoms with Crippen molar-refractivity contribution < 1.29 is 0 Å². The summed E-state index contributed by atoms with van der Waals surface area (Å²) in [7, 11) is 0. The Morgan fingerprint density at radius 3 is 1.61 bits per heavy atom. The van der Waals surface area contributed by atoms with Gasteiger partial charge in [-0.1, -0.05) is 121 Å². The Hall–Kier alpha value is -6.78. The molecule has 12 aromatic rings. The highest BCUT2D eigenvalue weighted by Crippen LogP contribution is 2.50. The fourth-order valence-corrected chi connectivity index (χ4v) is 10.7. The van der Waals surface area contributed by atoms with Crippen LogP contribution in [0.4, 0.5) is 0 Å². The third kappa shape index (κ3) is 4.33. The Labute approximate surface area is 342 Å². The highest BCUT2D eigenvalue weighted by molar-refractivity contribution is 6.37. The van der Waals surface area contributed by atoms with Gasteiger partial charge in [-0.15, -0.1) is 0 Å². The smallest absolute Gasteiger partial charge is 0.0618 e. The predicted octanol–water partition coefficient (Wildman–Crippen LogP) is 15.1. The van der Waals surface area contributed by atoms with Crippen LogP contribution in [0.3, 0.4) is 0 Å². The van der Waals surface area contributed by atoms with Crippen molar-refractivity contribution in [3.05, 3.63) is 158 Å². The Kier molecular flexibility index (Phi) is 6.65. The molecule has 12 rings (SSSR count). The minimum absolute atomic E-state index is 0.0861. The quantitative estimate of drug-likeness (QED) is 0.159. The first-order valence-corrected chi connectivity index (χ1v) is 20.9. The summed E-state index contributed by atoms with van der Waals surface area (Å²) in [6, 6.07) is 43.7. The van der Waals surface area contributed by atoms with E-state index in [0.29, 0.717) is 0 Å². The van der Waals surface area contributed by atoms with Crippen molar-refractivity contribution in [2.24, 2.45) is 0 Å². The summed E-state index contributed by atoms with van der Waals surface area (Å²) in [5.74, 6) is 0. The Morgan fingerprint density at radius 1 is 0.508 bits per heavy atom. The van der Waals surface area contributed by atoms with Gasteiger partial charge in [-0.25, -0.2) is 0 Å². The molecule has 0 radical (unpaired) electrons. The number of allylic oxidation sites excluding steroid dienone is 5. The molecule has 0 fully saturated rings. The molecule has 4 heteroatoms. The van der Waals surface area contributed by atoms with Crippen LogP contribution in [0.5, 0.6) is 0 Å². The van der Waals surface area contributed by atoms with Crippen molar-refractivity contribution in [2.75, 3.05) is 0 Å². The van der Waals surface area contributed by atoms with Crippen LogP contribution in [0.15, 0.2) is 146 Å². The van der Waals surface area contributed by atoms with Gasteiger partial charge in [0.2, 0.25) is 0 Å². The fourth-order valence-electron chi connectivity index (χ4n) is 10.7. The number of benzene rings is 6. The van der Waals surface area contributed by atoms with Crippen LogP contribution in [0, 0.1) is 0 Å². The van der Waals surface area contributed by atoms with Gasteiger partial charge in [0.1, 0.15) is 0 Å². The first kappa shape index (κ1) is 34.3. The maximum atomic E-state index is 3.99. The van der Waals surface area contributed by atoms with E-state index in [9.17, 15) is 0 Å². The van der Waals surface area contributed by atoms with Gasteiger partial charge in [0.15, 0.2) is 0 Å². The summed E-state index contributed by atoms with van der Waals surface area (Å²) < 4.78 is 10.1. The highest BCUT2D eigenvalue weighted by atomic mass is 15.0. The number of hydrogen-bond donors (Lipinski definition) is 0. The van der Waals surface area contributed by atoms with Gasteiger partial charge in [0.05, 0.1) is 44.1 Å². The van der Waals surface area contributed by atoms with E-state index < -0.39 is 0 Å². The van der Waals surface area contributed by atoms with Gasteiger partial charge in [-0.05, 0) is 73.7 Å². The predicted molar refractivity (Wildman–Crippen MR) is 255 cm³/mol. The molecule has 0 aliphatic heterocycles. The van der Waals surface area contributed by atoms with Crippen LogP contribution in [0.2, 0.25) is 0 Å². The number of rotatable bonds is 4. The summed E-state index contributed by atoms with van der Waals surface area (Å²) in [6.45, 7) is 20.2. The van der Waals surface area contributed by atoms with Crippen molar-refractivity contribution in [3.8, 4) is 5.69 Å². The molecular weight excluding hydrogens is 717 g/mol. The van der Waals surface area contributed by atoms with E-state index in [1.807, 2.05) is 12.2 Å². The fraction of sp³-hybridized carbons (Fsp3) is 0.164. The van der Waals surface area contributed by atoms with Crippen molar-refractivity contribution in [3.63, 3.8) is 0 Å². The maximum Gasteiger partial charge on any atom is 0.0618 e. The van der Waals surface area contributed by atoms with Crippen LogP contribution in [0.1, 0.15) is 59.9 Å². The highest BCUT2D eigenvalue weighted by Gasteiger charge is 2.31. The molecule has 6 heterocycles. The molecule has 59 heavy (non-hydrogen) atoms. The molecule has 0 aliphatic carbocycles. The Balaban J connectivity index is 1.36. The number of para-hydroxylation sites is 3. The molecule has 0 bridgehead atoms. The zero-order valence-corrected chi connectivity index (χ0v) is 34.8. The van der Waals surface area contributed by atoms with Crippen LogP contribution in [0.25, 0.3) is 109 Å². The normalized spacial score (nSPS) is 13.8. The van der Waals surface area contributed by atoms with E-state index >= 15 is 0 Å². The molecule has 0 amide bonds. The molecule has 0 saturated carbocycles. The molecule has 4 nitrogen and oxygen atoms in total. The molecule has 0 atom stereocenters. The Bertz CT molecular complexity index is 3800. The third-order valence-electron chi connectivity index (χ3n) is 13.1. The molecule has 6 aromatic carbocycles. The van der Waals surface area contributed by atoms with Gasteiger partial charge in [-0.3, -0.25) is 0 Å². The first-order chi connectivity index (χ1) is 28.5.